The Hall–Kier alpha value is -2.40. The van der Waals surface area contributed by atoms with E-state index >= 15 is 0 Å². The van der Waals surface area contributed by atoms with E-state index in [-0.39, 0.29) is 4.90 Å². The molecule has 0 aliphatic carbocycles. The van der Waals surface area contributed by atoms with Crippen molar-refractivity contribution in [3.63, 3.8) is 0 Å². The zero-order valence-corrected chi connectivity index (χ0v) is 20.4. The lowest BCUT2D eigenvalue weighted by Gasteiger charge is -2.20. The van der Waals surface area contributed by atoms with Crippen molar-refractivity contribution < 1.29 is 17.9 Å². The third-order valence-corrected chi connectivity index (χ3v) is 8.25. The van der Waals surface area contributed by atoms with E-state index in [2.05, 4.69) is 15.8 Å². The SMILES string of the molecule is CCCCN(CC)S(=O)(=O)c1ccc(C(=O)NNc2nc3c(OC)ccc(Cl)c3s2)cc1. The van der Waals surface area contributed by atoms with E-state index in [0.717, 1.165) is 17.5 Å². The molecule has 0 saturated carbocycles. The van der Waals surface area contributed by atoms with Crippen molar-refractivity contribution in [1.82, 2.24) is 14.7 Å². The molecule has 0 spiro atoms. The number of anilines is 1. The molecular formula is C21H25ClN4O4S2. The molecule has 1 aromatic heterocycles. The molecule has 0 aliphatic rings. The summed E-state index contributed by atoms with van der Waals surface area (Å²) in [6.45, 7) is 4.69. The van der Waals surface area contributed by atoms with Crippen LogP contribution in [0.5, 0.6) is 5.75 Å². The first-order valence-corrected chi connectivity index (χ1v) is 12.7. The van der Waals surface area contributed by atoms with Gasteiger partial charge < -0.3 is 4.74 Å². The number of methoxy groups -OCH3 is 1. The number of hydrogen-bond donors (Lipinski definition) is 2. The van der Waals surface area contributed by atoms with E-state index in [4.69, 9.17) is 16.3 Å². The molecule has 8 nitrogen and oxygen atoms in total. The number of halogens is 1. The number of hydrogen-bond acceptors (Lipinski definition) is 7. The van der Waals surface area contributed by atoms with Gasteiger partial charge in [0.1, 0.15) is 11.3 Å². The molecule has 32 heavy (non-hydrogen) atoms. The largest absolute Gasteiger partial charge is 0.494 e. The van der Waals surface area contributed by atoms with Crippen LogP contribution in [-0.2, 0) is 10.0 Å². The molecule has 11 heteroatoms. The van der Waals surface area contributed by atoms with Crippen LogP contribution in [0, 0.1) is 0 Å². The van der Waals surface area contributed by atoms with Crippen LogP contribution in [0.4, 0.5) is 5.13 Å². The first kappa shape index (κ1) is 24.2. The summed E-state index contributed by atoms with van der Waals surface area (Å²) < 4.78 is 33.1. The van der Waals surface area contributed by atoms with Crippen molar-refractivity contribution in [3.8, 4) is 5.75 Å². The third-order valence-electron chi connectivity index (χ3n) is 4.83. The number of rotatable bonds is 10. The topological polar surface area (TPSA) is 101 Å². The molecule has 0 atom stereocenters. The Labute approximate surface area is 196 Å². The van der Waals surface area contributed by atoms with Gasteiger partial charge >= 0.3 is 0 Å². The molecule has 2 aromatic carbocycles. The normalized spacial score (nSPS) is 11.7. The number of carbonyl (C=O) groups is 1. The molecule has 1 heterocycles. The van der Waals surface area contributed by atoms with Gasteiger partial charge in [0.2, 0.25) is 15.2 Å². The second-order valence-corrected chi connectivity index (χ2v) is 10.2. The van der Waals surface area contributed by atoms with Gasteiger partial charge in [-0.15, -0.1) is 0 Å². The lowest BCUT2D eigenvalue weighted by molar-refractivity contribution is 0.0962. The van der Waals surface area contributed by atoms with Crippen molar-refractivity contribution in [3.05, 3.63) is 47.0 Å². The van der Waals surface area contributed by atoms with Crippen LogP contribution in [0.25, 0.3) is 10.2 Å². The van der Waals surface area contributed by atoms with Crippen LogP contribution in [0.2, 0.25) is 5.02 Å². The molecule has 1 amide bonds. The molecule has 0 saturated heterocycles. The van der Waals surface area contributed by atoms with Crippen LogP contribution in [0.3, 0.4) is 0 Å². The summed E-state index contributed by atoms with van der Waals surface area (Å²) in [5.74, 6) is 0.154. The first-order chi connectivity index (χ1) is 15.3. The molecule has 0 bridgehead atoms. The number of ether oxygens (including phenoxy) is 1. The number of aromatic nitrogens is 1. The predicted octanol–water partition coefficient (Wildman–Crippen LogP) is 4.53. The van der Waals surface area contributed by atoms with Gasteiger partial charge in [0.15, 0.2) is 0 Å². The highest BCUT2D eigenvalue weighted by atomic mass is 35.5. The lowest BCUT2D eigenvalue weighted by Crippen LogP contribution is -2.32. The fourth-order valence-corrected chi connectivity index (χ4v) is 5.66. The second kappa shape index (κ2) is 10.5. The maximum Gasteiger partial charge on any atom is 0.269 e. The number of amides is 1. The number of nitrogens with one attached hydrogen (secondary N) is 2. The minimum absolute atomic E-state index is 0.160. The van der Waals surface area contributed by atoms with Crippen molar-refractivity contribution in [2.75, 3.05) is 25.6 Å². The van der Waals surface area contributed by atoms with Gasteiger partial charge in [-0.2, -0.15) is 4.31 Å². The fourth-order valence-electron chi connectivity index (χ4n) is 3.06. The summed E-state index contributed by atoms with van der Waals surface area (Å²) in [7, 11) is -2.05. The van der Waals surface area contributed by atoms with Crippen LogP contribution in [0.15, 0.2) is 41.3 Å². The molecule has 3 rings (SSSR count). The van der Waals surface area contributed by atoms with Crippen LogP contribution < -0.4 is 15.6 Å². The van der Waals surface area contributed by atoms with Gasteiger partial charge in [-0.05, 0) is 42.8 Å². The van der Waals surface area contributed by atoms with Crippen molar-refractivity contribution in [2.45, 2.75) is 31.6 Å². The quantitative estimate of drug-likeness (QED) is 0.400. The number of thiazole rings is 1. The minimum Gasteiger partial charge on any atom is -0.494 e. The van der Waals surface area contributed by atoms with E-state index in [9.17, 15) is 13.2 Å². The van der Waals surface area contributed by atoms with Gasteiger partial charge in [0.05, 0.1) is 21.7 Å². The molecule has 0 aliphatic heterocycles. The van der Waals surface area contributed by atoms with E-state index in [1.165, 1.54) is 39.9 Å². The minimum atomic E-state index is -3.59. The molecule has 2 N–H and O–H groups in total. The highest BCUT2D eigenvalue weighted by Gasteiger charge is 2.22. The summed E-state index contributed by atoms with van der Waals surface area (Å²) in [5.41, 5.74) is 6.25. The van der Waals surface area contributed by atoms with Gasteiger partial charge in [0, 0.05) is 18.7 Å². The highest BCUT2D eigenvalue weighted by molar-refractivity contribution is 7.89. The first-order valence-electron chi connectivity index (χ1n) is 10.1. The summed E-state index contributed by atoms with van der Waals surface area (Å²) in [6.07, 6.45) is 1.70. The number of sulfonamides is 1. The summed E-state index contributed by atoms with van der Waals surface area (Å²) in [4.78, 5) is 17.1. The van der Waals surface area contributed by atoms with Crippen LogP contribution >= 0.6 is 22.9 Å². The zero-order valence-electron chi connectivity index (χ0n) is 18.0. The maximum absolute atomic E-state index is 12.8. The number of carbonyl (C=O) groups excluding carboxylic acids is 1. The monoisotopic (exact) mass is 496 g/mol. The van der Waals surface area contributed by atoms with E-state index in [1.54, 1.807) is 19.2 Å². The van der Waals surface area contributed by atoms with Crippen LogP contribution in [0.1, 0.15) is 37.0 Å². The van der Waals surface area contributed by atoms with E-state index in [0.29, 0.717) is 40.1 Å². The number of benzene rings is 2. The predicted molar refractivity (Wildman–Crippen MR) is 128 cm³/mol. The number of unbranched alkanes of at least 4 members (excludes halogenated alkanes) is 1. The molecule has 172 valence electrons. The Balaban J connectivity index is 1.70. The Morgan fingerprint density at radius 2 is 1.91 bits per heavy atom. The second-order valence-electron chi connectivity index (χ2n) is 6.90. The lowest BCUT2D eigenvalue weighted by atomic mass is 10.2. The third kappa shape index (κ3) is 5.15. The van der Waals surface area contributed by atoms with Crippen molar-refractivity contribution >= 4 is 54.2 Å². The summed E-state index contributed by atoms with van der Waals surface area (Å²) in [6, 6.07) is 9.30. The Morgan fingerprint density at radius 1 is 1.19 bits per heavy atom. The van der Waals surface area contributed by atoms with Gasteiger partial charge in [-0.25, -0.2) is 13.4 Å². The standard InChI is InChI=1S/C21H25ClN4O4S2/c1-4-6-13-26(5-2)32(28,29)15-9-7-14(8-10-15)20(27)24-25-21-23-18-17(30-3)12-11-16(22)19(18)31-21/h7-12H,4-6,13H2,1-3H3,(H,23,25)(H,24,27). The average molecular weight is 497 g/mol. The molecule has 3 aromatic rings. The van der Waals surface area contributed by atoms with Crippen LogP contribution in [-0.4, -0.2) is 43.8 Å². The number of hydrazine groups is 1. The van der Waals surface area contributed by atoms with Crippen molar-refractivity contribution in [2.24, 2.45) is 0 Å². The van der Waals surface area contributed by atoms with Crippen molar-refractivity contribution in [1.29, 1.82) is 0 Å². The Kier molecular flexibility index (Phi) is 7.94. The average Bonchev–Trinajstić information content (AvgIpc) is 3.23. The van der Waals surface area contributed by atoms with E-state index < -0.39 is 15.9 Å². The number of fused-ring (bicyclic) bond motifs is 1. The number of nitrogens with zero attached hydrogens (tertiary/aromatic N) is 2. The molecule has 0 fully saturated rings. The summed E-state index contributed by atoms with van der Waals surface area (Å²) in [5, 5.41) is 0.975. The Bertz CT molecular complexity index is 1200. The Morgan fingerprint density at radius 3 is 2.53 bits per heavy atom. The smallest absolute Gasteiger partial charge is 0.269 e. The van der Waals surface area contributed by atoms with Gasteiger partial charge in [0.25, 0.3) is 5.91 Å². The zero-order chi connectivity index (χ0) is 23.3. The highest BCUT2D eigenvalue weighted by Crippen LogP contribution is 2.37. The molecule has 0 radical (unpaired) electrons. The maximum atomic E-state index is 12.8. The van der Waals surface area contributed by atoms with E-state index in [1.807, 2.05) is 13.8 Å². The van der Waals surface area contributed by atoms with Gasteiger partial charge in [-0.3, -0.25) is 15.6 Å². The molecule has 0 unspecified atom stereocenters. The van der Waals surface area contributed by atoms with Gasteiger partial charge in [-0.1, -0.05) is 43.2 Å². The summed E-state index contributed by atoms with van der Waals surface area (Å²) >= 11 is 7.49. The fraction of sp³-hybridized carbons (Fsp3) is 0.333. The molecular weight excluding hydrogens is 472 g/mol.